The molecule has 0 aromatic carbocycles. The Labute approximate surface area is 422 Å². The van der Waals surface area contributed by atoms with E-state index in [0.717, 1.165) is 38.5 Å². The van der Waals surface area contributed by atoms with Gasteiger partial charge in [0, 0.05) is 12.8 Å². The summed E-state index contributed by atoms with van der Waals surface area (Å²) in [5, 5.41) is 9.67. The van der Waals surface area contributed by atoms with E-state index in [1.165, 1.54) is 238 Å². The van der Waals surface area contributed by atoms with Gasteiger partial charge >= 0.3 is 17.9 Å². The normalized spacial score (nSPS) is 12.7. The second kappa shape index (κ2) is 51.6. The number of carboxylic acid groups (broad SMARTS) is 1. The van der Waals surface area contributed by atoms with Gasteiger partial charge in [-0.2, -0.15) is 0 Å². The molecule has 0 heterocycles. The molecule has 2 atom stereocenters. The number of nitrogens with zero attached hydrogens (tertiary/aromatic N) is 1. The van der Waals surface area contributed by atoms with Crippen LogP contribution >= 0.6 is 0 Å². The van der Waals surface area contributed by atoms with Crippen molar-refractivity contribution in [1.29, 1.82) is 0 Å². The predicted molar refractivity (Wildman–Crippen MR) is 286 cm³/mol. The smallest absolute Gasteiger partial charge is 0.361 e. The zero-order chi connectivity index (χ0) is 49.9. The molecular weight excluding hydrogens is 851 g/mol. The fourth-order valence-corrected chi connectivity index (χ4v) is 9.02. The molecule has 0 fully saturated rings. The van der Waals surface area contributed by atoms with Crippen molar-refractivity contribution in [2.24, 2.45) is 0 Å². The van der Waals surface area contributed by atoms with E-state index in [2.05, 4.69) is 13.8 Å². The van der Waals surface area contributed by atoms with Gasteiger partial charge in [-0.1, -0.05) is 277 Å². The first-order valence-electron chi connectivity index (χ1n) is 29.7. The Morgan fingerprint density at radius 1 is 0.382 bits per heavy atom. The van der Waals surface area contributed by atoms with Crippen molar-refractivity contribution in [3.8, 4) is 0 Å². The van der Waals surface area contributed by atoms with Crippen molar-refractivity contribution in [2.45, 2.75) is 315 Å². The van der Waals surface area contributed by atoms with Crippen LogP contribution in [0.1, 0.15) is 303 Å². The van der Waals surface area contributed by atoms with Crippen LogP contribution in [0.2, 0.25) is 0 Å². The average molecular weight is 968 g/mol. The van der Waals surface area contributed by atoms with E-state index in [9.17, 15) is 19.5 Å². The van der Waals surface area contributed by atoms with Gasteiger partial charge in [-0.3, -0.25) is 9.59 Å². The molecule has 0 aliphatic rings. The lowest BCUT2D eigenvalue weighted by atomic mass is 10.0. The third kappa shape index (κ3) is 52.1. The third-order valence-electron chi connectivity index (χ3n) is 13.6. The van der Waals surface area contributed by atoms with E-state index >= 15 is 0 Å². The molecule has 0 amide bonds. The molecule has 0 rings (SSSR count). The molecule has 0 aromatic heterocycles. The molecule has 0 radical (unpaired) electrons. The number of rotatable bonds is 56. The zero-order valence-electron chi connectivity index (χ0n) is 46.1. The molecule has 0 saturated carbocycles. The first-order valence-corrected chi connectivity index (χ1v) is 29.7. The Balaban J connectivity index is 3.98. The summed E-state index contributed by atoms with van der Waals surface area (Å²) in [5.74, 6) is -1.98. The molecule has 68 heavy (non-hydrogen) atoms. The van der Waals surface area contributed by atoms with Crippen LogP contribution in [0.5, 0.6) is 0 Å². The summed E-state index contributed by atoms with van der Waals surface area (Å²) in [7, 11) is 5.98. The Hall–Kier alpha value is -1.71. The number of aliphatic carboxylic acids is 1. The van der Waals surface area contributed by atoms with Gasteiger partial charge in [0.2, 0.25) is 0 Å². The van der Waals surface area contributed by atoms with Crippen LogP contribution in [0.25, 0.3) is 0 Å². The fraction of sp³-hybridized carbons (Fsp3) is 0.949. The minimum Gasteiger partial charge on any atom is -0.477 e. The Morgan fingerprint density at radius 2 is 0.662 bits per heavy atom. The summed E-state index contributed by atoms with van der Waals surface area (Å²) in [6.45, 7) is 4.92. The number of carbonyl (C=O) groups is 3. The maximum absolute atomic E-state index is 12.8. The quantitative estimate of drug-likeness (QED) is 0.0278. The number of quaternary nitrogens is 1. The van der Waals surface area contributed by atoms with Crippen LogP contribution in [0, 0.1) is 0 Å². The lowest BCUT2D eigenvalue weighted by molar-refractivity contribution is -0.870. The standard InChI is InChI=1S/C59H115NO8/c1-6-8-10-12-14-16-18-19-20-21-22-23-24-25-26-27-28-29-30-31-32-33-34-35-36-37-38-40-42-44-46-48-50-57(62)68-55(54-67-59(58(63)64)65-52-51-60(3,4)5)53-66-56(61)49-47-45-43-41-39-17-15-13-11-9-7-2/h55,59H,6-54H2,1-5H3/p+1. The molecule has 9 heteroatoms. The van der Waals surface area contributed by atoms with Crippen molar-refractivity contribution in [1.82, 2.24) is 0 Å². The maximum Gasteiger partial charge on any atom is 0.361 e. The number of hydrogen-bond donors (Lipinski definition) is 1. The first kappa shape index (κ1) is 66.3. The molecule has 0 saturated heterocycles. The van der Waals surface area contributed by atoms with E-state index in [1.54, 1.807) is 0 Å². The zero-order valence-corrected chi connectivity index (χ0v) is 46.1. The highest BCUT2D eigenvalue weighted by Gasteiger charge is 2.25. The number of ether oxygens (including phenoxy) is 4. The molecule has 1 N–H and O–H groups in total. The van der Waals surface area contributed by atoms with Crippen molar-refractivity contribution >= 4 is 17.9 Å². The molecule has 0 aliphatic carbocycles. The van der Waals surface area contributed by atoms with Gasteiger partial charge < -0.3 is 28.5 Å². The molecule has 0 spiro atoms. The molecular formula is C59H116NO8+. The molecule has 0 aliphatic heterocycles. The number of likely N-dealkylation sites (N-methyl/N-ethyl adjacent to an activating group) is 1. The van der Waals surface area contributed by atoms with E-state index in [0.29, 0.717) is 17.4 Å². The topological polar surface area (TPSA) is 108 Å². The number of esters is 2. The lowest BCUT2D eigenvalue weighted by Crippen LogP contribution is -2.40. The summed E-state index contributed by atoms with van der Waals surface area (Å²) in [4.78, 5) is 37.3. The highest BCUT2D eigenvalue weighted by molar-refractivity contribution is 5.71. The number of carbonyl (C=O) groups excluding carboxylic acids is 2. The number of hydrogen-bond acceptors (Lipinski definition) is 7. The van der Waals surface area contributed by atoms with Crippen molar-refractivity contribution in [3.63, 3.8) is 0 Å². The van der Waals surface area contributed by atoms with Gasteiger partial charge in [0.15, 0.2) is 6.10 Å². The SMILES string of the molecule is CCCCCCCCCCCCCCCCCCCCCCCCCCCCCCCCCCC(=O)OC(COC(=O)CCCCCCCCCCCCC)COC(OCC[N+](C)(C)C)C(=O)O. The number of unbranched alkanes of at least 4 members (excludes halogenated alkanes) is 41. The van der Waals surface area contributed by atoms with E-state index in [4.69, 9.17) is 18.9 Å². The summed E-state index contributed by atoms with van der Waals surface area (Å²) >= 11 is 0. The number of carboxylic acids is 1. The maximum atomic E-state index is 12.8. The predicted octanol–water partition coefficient (Wildman–Crippen LogP) is 17.2. The molecule has 0 bridgehead atoms. The van der Waals surface area contributed by atoms with Crippen molar-refractivity contribution in [2.75, 3.05) is 47.5 Å². The van der Waals surface area contributed by atoms with Crippen molar-refractivity contribution in [3.05, 3.63) is 0 Å². The molecule has 0 aromatic rings. The van der Waals surface area contributed by atoms with E-state index in [1.807, 2.05) is 21.1 Å². The van der Waals surface area contributed by atoms with Gasteiger partial charge in [0.1, 0.15) is 13.2 Å². The molecule has 9 nitrogen and oxygen atoms in total. The van der Waals surface area contributed by atoms with Gasteiger partial charge in [-0.15, -0.1) is 0 Å². The minimum atomic E-state index is -1.50. The highest BCUT2D eigenvalue weighted by atomic mass is 16.7. The van der Waals surface area contributed by atoms with E-state index in [-0.39, 0.29) is 38.2 Å². The Morgan fingerprint density at radius 3 is 0.941 bits per heavy atom. The van der Waals surface area contributed by atoms with Crippen LogP contribution in [-0.2, 0) is 33.3 Å². The van der Waals surface area contributed by atoms with E-state index < -0.39 is 18.4 Å². The summed E-state index contributed by atoms with van der Waals surface area (Å²) in [6, 6.07) is 0. The Bertz CT molecular complexity index is 1080. The third-order valence-corrected chi connectivity index (χ3v) is 13.6. The Kier molecular flexibility index (Phi) is 50.3. The van der Waals surface area contributed by atoms with Crippen LogP contribution < -0.4 is 0 Å². The second-order valence-electron chi connectivity index (χ2n) is 21.7. The fourth-order valence-electron chi connectivity index (χ4n) is 9.02. The van der Waals surface area contributed by atoms with Crippen LogP contribution in [0.15, 0.2) is 0 Å². The van der Waals surface area contributed by atoms with Gasteiger partial charge in [0.25, 0.3) is 6.29 Å². The summed E-state index contributed by atoms with van der Waals surface area (Å²) in [6.07, 6.45) is 55.0. The average Bonchev–Trinajstić information content (AvgIpc) is 3.30. The minimum absolute atomic E-state index is 0.173. The summed E-state index contributed by atoms with van der Waals surface area (Å²) in [5.41, 5.74) is 0. The van der Waals surface area contributed by atoms with Gasteiger partial charge in [-0.25, -0.2) is 4.79 Å². The van der Waals surface area contributed by atoms with Gasteiger partial charge in [0.05, 0.1) is 34.4 Å². The van der Waals surface area contributed by atoms with Crippen LogP contribution in [-0.4, -0.2) is 87.4 Å². The summed E-state index contributed by atoms with van der Waals surface area (Å²) < 4.78 is 22.8. The van der Waals surface area contributed by atoms with Crippen LogP contribution in [0.4, 0.5) is 0 Å². The van der Waals surface area contributed by atoms with Crippen molar-refractivity contribution < 1.29 is 42.9 Å². The monoisotopic (exact) mass is 967 g/mol. The first-order chi connectivity index (χ1) is 33.1. The lowest BCUT2D eigenvalue weighted by Gasteiger charge is -2.25. The largest absolute Gasteiger partial charge is 0.477 e. The molecule has 404 valence electrons. The second-order valence-corrected chi connectivity index (χ2v) is 21.7. The molecule has 2 unspecified atom stereocenters. The van der Waals surface area contributed by atoms with Crippen LogP contribution in [0.3, 0.4) is 0 Å². The highest BCUT2D eigenvalue weighted by Crippen LogP contribution is 2.18. The van der Waals surface area contributed by atoms with Gasteiger partial charge in [-0.05, 0) is 12.8 Å².